The molecule has 0 bridgehead atoms. The first-order valence-electron chi connectivity index (χ1n) is 4.30. The van der Waals surface area contributed by atoms with Gasteiger partial charge in [-0.05, 0) is 12.1 Å². The first-order valence-corrected chi connectivity index (χ1v) is 5.96. The number of H-pyrrole nitrogens is 1. The standard InChI is InChI=1S/C9H9N3O2S/c13-15(14,9-11-5-6-12-9)7-8-3-1-2-4-10-8/h1-6H,7H2,(H,11,12). The van der Waals surface area contributed by atoms with Crippen molar-refractivity contribution in [2.75, 3.05) is 0 Å². The van der Waals surface area contributed by atoms with Crippen LogP contribution in [0.15, 0.2) is 41.9 Å². The van der Waals surface area contributed by atoms with E-state index < -0.39 is 9.84 Å². The largest absolute Gasteiger partial charge is 0.336 e. The van der Waals surface area contributed by atoms with Gasteiger partial charge in [-0.3, -0.25) is 4.98 Å². The summed E-state index contributed by atoms with van der Waals surface area (Å²) in [4.78, 5) is 10.2. The molecule has 0 aromatic carbocycles. The Kier molecular flexibility index (Phi) is 2.51. The van der Waals surface area contributed by atoms with Crippen LogP contribution >= 0.6 is 0 Å². The third-order valence-corrected chi connectivity index (χ3v) is 3.32. The molecule has 0 amide bonds. The Bertz CT molecular complexity index is 520. The normalized spacial score (nSPS) is 11.5. The van der Waals surface area contributed by atoms with Crippen molar-refractivity contribution < 1.29 is 8.42 Å². The molecule has 6 heteroatoms. The van der Waals surface area contributed by atoms with Crippen LogP contribution in [0.1, 0.15) is 5.69 Å². The molecule has 0 radical (unpaired) electrons. The molecular formula is C9H9N3O2S. The topological polar surface area (TPSA) is 75.7 Å². The molecule has 0 atom stereocenters. The van der Waals surface area contributed by atoms with Crippen molar-refractivity contribution >= 4 is 9.84 Å². The van der Waals surface area contributed by atoms with E-state index in [1.54, 1.807) is 24.4 Å². The number of nitrogens with zero attached hydrogens (tertiary/aromatic N) is 2. The first kappa shape index (κ1) is 9.85. The molecule has 0 aliphatic carbocycles. The van der Waals surface area contributed by atoms with E-state index in [0.29, 0.717) is 5.69 Å². The van der Waals surface area contributed by atoms with Crippen molar-refractivity contribution in [2.45, 2.75) is 10.9 Å². The number of hydrogen-bond acceptors (Lipinski definition) is 4. The Labute approximate surface area is 87.1 Å². The van der Waals surface area contributed by atoms with Crippen LogP contribution < -0.4 is 0 Å². The highest BCUT2D eigenvalue weighted by Gasteiger charge is 2.17. The molecule has 15 heavy (non-hydrogen) atoms. The van der Waals surface area contributed by atoms with Crippen LogP contribution in [0.25, 0.3) is 0 Å². The quantitative estimate of drug-likeness (QED) is 0.834. The van der Waals surface area contributed by atoms with Crippen molar-refractivity contribution in [2.24, 2.45) is 0 Å². The SMILES string of the molecule is O=S(=O)(Cc1ccccn1)c1ncc[nH]1. The van der Waals surface area contributed by atoms with Gasteiger partial charge in [0.1, 0.15) is 5.75 Å². The molecule has 78 valence electrons. The molecule has 0 unspecified atom stereocenters. The number of rotatable bonds is 3. The summed E-state index contributed by atoms with van der Waals surface area (Å²) in [5, 5.41) is -0.0202. The third kappa shape index (κ3) is 2.21. The minimum Gasteiger partial charge on any atom is -0.336 e. The fourth-order valence-electron chi connectivity index (χ4n) is 1.17. The summed E-state index contributed by atoms with van der Waals surface area (Å²) < 4.78 is 23.5. The molecule has 0 saturated carbocycles. The predicted molar refractivity (Wildman–Crippen MR) is 53.7 cm³/mol. The van der Waals surface area contributed by atoms with Gasteiger partial charge in [0.2, 0.25) is 15.0 Å². The number of sulfone groups is 1. The van der Waals surface area contributed by atoms with E-state index in [4.69, 9.17) is 0 Å². The van der Waals surface area contributed by atoms with Gasteiger partial charge in [0, 0.05) is 18.6 Å². The smallest absolute Gasteiger partial charge is 0.225 e. The number of imidazole rings is 1. The van der Waals surface area contributed by atoms with Crippen LogP contribution in [0.4, 0.5) is 0 Å². The van der Waals surface area contributed by atoms with Gasteiger partial charge in [-0.1, -0.05) is 6.07 Å². The summed E-state index contributed by atoms with van der Waals surface area (Å²) in [5.74, 6) is -0.138. The number of hydrogen-bond donors (Lipinski definition) is 1. The minimum atomic E-state index is -3.40. The number of pyridine rings is 1. The zero-order chi connectivity index (χ0) is 10.7. The summed E-state index contributed by atoms with van der Waals surface area (Å²) >= 11 is 0. The van der Waals surface area contributed by atoms with Crippen LogP contribution in [0.5, 0.6) is 0 Å². The molecule has 0 saturated heterocycles. The molecule has 2 rings (SSSR count). The molecule has 2 heterocycles. The maximum absolute atomic E-state index is 11.7. The lowest BCUT2D eigenvalue weighted by molar-refractivity contribution is 0.587. The van der Waals surface area contributed by atoms with E-state index in [9.17, 15) is 8.42 Å². The number of aromatic amines is 1. The number of nitrogens with one attached hydrogen (secondary N) is 1. The zero-order valence-corrected chi connectivity index (χ0v) is 8.61. The first-order chi connectivity index (χ1) is 7.18. The molecule has 1 N–H and O–H groups in total. The highest BCUT2D eigenvalue weighted by molar-refractivity contribution is 7.90. The zero-order valence-electron chi connectivity index (χ0n) is 7.79. The van der Waals surface area contributed by atoms with Crippen molar-refractivity contribution in [3.63, 3.8) is 0 Å². The second kappa shape index (κ2) is 3.82. The van der Waals surface area contributed by atoms with E-state index in [1.807, 2.05) is 0 Å². The monoisotopic (exact) mass is 223 g/mol. The average Bonchev–Trinajstić information content (AvgIpc) is 2.71. The molecule has 0 aliphatic rings. The molecule has 0 spiro atoms. The Balaban J connectivity index is 2.27. The number of aromatic nitrogens is 3. The molecule has 2 aromatic rings. The van der Waals surface area contributed by atoms with Crippen LogP contribution in [-0.2, 0) is 15.6 Å². The van der Waals surface area contributed by atoms with Gasteiger partial charge >= 0.3 is 0 Å². The van der Waals surface area contributed by atoms with Crippen LogP contribution in [-0.4, -0.2) is 23.4 Å². The summed E-state index contributed by atoms with van der Waals surface area (Å²) in [6.07, 6.45) is 4.45. The third-order valence-electron chi connectivity index (χ3n) is 1.83. The second-order valence-corrected chi connectivity index (χ2v) is 4.88. The highest BCUT2D eigenvalue weighted by atomic mass is 32.2. The Morgan fingerprint density at radius 1 is 1.20 bits per heavy atom. The van der Waals surface area contributed by atoms with E-state index >= 15 is 0 Å². The fraction of sp³-hybridized carbons (Fsp3) is 0.111. The minimum absolute atomic E-state index is 0.0202. The van der Waals surface area contributed by atoms with Crippen LogP contribution in [0.2, 0.25) is 0 Å². The molecule has 5 nitrogen and oxygen atoms in total. The van der Waals surface area contributed by atoms with Crippen LogP contribution in [0, 0.1) is 0 Å². The van der Waals surface area contributed by atoms with Crippen molar-refractivity contribution in [1.82, 2.24) is 15.0 Å². The fourth-order valence-corrected chi connectivity index (χ4v) is 2.33. The van der Waals surface area contributed by atoms with Crippen molar-refractivity contribution in [3.8, 4) is 0 Å². The maximum atomic E-state index is 11.7. The summed E-state index contributed by atoms with van der Waals surface area (Å²) in [6, 6.07) is 5.16. The Hall–Kier alpha value is -1.69. The molecule has 0 aliphatic heterocycles. The predicted octanol–water partition coefficient (Wildman–Crippen LogP) is 0.779. The van der Waals surface area contributed by atoms with E-state index in [-0.39, 0.29) is 10.9 Å². The highest BCUT2D eigenvalue weighted by Crippen LogP contribution is 2.09. The lowest BCUT2D eigenvalue weighted by Crippen LogP contribution is -2.07. The Morgan fingerprint density at radius 2 is 2.07 bits per heavy atom. The van der Waals surface area contributed by atoms with Crippen LogP contribution in [0.3, 0.4) is 0 Å². The van der Waals surface area contributed by atoms with Gasteiger partial charge in [0.15, 0.2) is 0 Å². The molecule has 2 aromatic heterocycles. The van der Waals surface area contributed by atoms with Gasteiger partial charge in [-0.15, -0.1) is 0 Å². The lowest BCUT2D eigenvalue weighted by atomic mass is 10.4. The second-order valence-electron chi connectivity index (χ2n) is 2.97. The van der Waals surface area contributed by atoms with Gasteiger partial charge in [-0.25, -0.2) is 13.4 Å². The van der Waals surface area contributed by atoms with E-state index in [2.05, 4.69) is 15.0 Å². The van der Waals surface area contributed by atoms with Crippen molar-refractivity contribution in [1.29, 1.82) is 0 Å². The van der Waals surface area contributed by atoms with E-state index in [0.717, 1.165) is 0 Å². The van der Waals surface area contributed by atoms with Crippen molar-refractivity contribution in [3.05, 3.63) is 42.5 Å². The van der Waals surface area contributed by atoms with E-state index in [1.165, 1.54) is 12.4 Å². The van der Waals surface area contributed by atoms with Gasteiger partial charge in [0.05, 0.1) is 5.69 Å². The Morgan fingerprint density at radius 3 is 2.67 bits per heavy atom. The molecule has 0 fully saturated rings. The van der Waals surface area contributed by atoms with Gasteiger partial charge < -0.3 is 4.98 Å². The summed E-state index contributed by atoms with van der Waals surface area (Å²) in [5.41, 5.74) is 0.508. The lowest BCUT2D eigenvalue weighted by Gasteiger charge is -1.99. The van der Waals surface area contributed by atoms with Gasteiger partial charge in [0.25, 0.3) is 0 Å². The average molecular weight is 223 g/mol. The molecular weight excluding hydrogens is 214 g/mol. The summed E-state index contributed by atoms with van der Waals surface area (Å²) in [6.45, 7) is 0. The maximum Gasteiger partial charge on any atom is 0.225 e. The summed E-state index contributed by atoms with van der Waals surface area (Å²) in [7, 11) is -3.40. The van der Waals surface area contributed by atoms with Gasteiger partial charge in [-0.2, -0.15) is 0 Å².